The van der Waals surface area contributed by atoms with Crippen LogP contribution in [0, 0.1) is 0 Å². The first-order valence-corrected chi connectivity index (χ1v) is 6.34. The Hall–Kier alpha value is -0.790. The van der Waals surface area contributed by atoms with Crippen molar-refractivity contribution in [3.05, 3.63) is 27.7 Å². The van der Waals surface area contributed by atoms with E-state index in [1.165, 1.54) is 0 Å². The third-order valence-electron chi connectivity index (χ3n) is 1.94. The van der Waals surface area contributed by atoms with Gasteiger partial charge in [-0.15, -0.1) is 0 Å². The van der Waals surface area contributed by atoms with Crippen LogP contribution in [-0.4, -0.2) is 25.3 Å². The van der Waals surface area contributed by atoms with Crippen molar-refractivity contribution in [1.82, 2.24) is 0 Å². The summed E-state index contributed by atoms with van der Waals surface area (Å²) >= 11 is 8.96. The Morgan fingerprint density at radius 3 is 2.68 bits per heavy atom. The van der Waals surface area contributed by atoms with Gasteiger partial charge < -0.3 is 10.1 Å². The molecule has 0 saturated carbocycles. The highest BCUT2D eigenvalue weighted by atomic mass is 79.9. The Labute approximate surface area is 121 Å². The molecule has 1 aromatic rings. The van der Waals surface area contributed by atoms with Gasteiger partial charge in [-0.2, -0.15) is 13.2 Å². The normalized spacial score (nSPS) is 11.4. The molecule has 8 heteroatoms. The largest absolute Gasteiger partial charge is 0.411 e. The highest BCUT2D eigenvalue weighted by molar-refractivity contribution is 9.10. The zero-order valence-corrected chi connectivity index (χ0v) is 11.9. The maximum Gasteiger partial charge on any atom is 0.411 e. The smallest absolute Gasteiger partial charge is 0.372 e. The Morgan fingerprint density at radius 1 is 1.42 bits per heavy atom. The summed E-state index contributed by atoms with van der Waals surface area (Å²) in [5, 5.41) is 3.01. The average molecular weight is 361 g/mol. The van der Waals surface area contributed by atoms with Crippen LogP contribution in [0.3, 0.4) is 0 Å². The van der Waals surface area contributed by atoms with Crippen LogP contribution in [-0.2, 0) is 9.53 Å². The monoisotopic (exact) mass is 359 g/mol. The molecular formula is C11H10BrClF3NO2. The predicted molar refractivity (Wildman–Crippen MR) is 69.3 cm³/mol. The van der Waals surface area contributed by atoms with Gasteiger partial charge in [-0.25, -0.2) is 0 Å². The highest BCUT2D eigenvalue weighted by Gasteiger charge is 2.27. The molecule has 0 atom stereocenters. The van der Waals surface area contributed by atoms with E-state index in [-0.39, 0.29) is 13.0 Å². The van der Waals surface area contributed by atoms with Crippen LogP contribution < -0.4 is 5.32 Å². The van der Waals surface area contributed by atoms with Gasteiger partial charge in [-0.05, 0) is 34.1 Å². The number of carbonyl (C=O) groups excluding carboxylic acids is 1. The van der Waals surface area contributed by atoms with E-state index in [1.54, 1.807) is 18.2 Å². The molecule has 0 aliphatic carbocycles. The number of rotatable bonds is 5. The second-order valence-corrected chi connectivity index (χ2v) is 4.86. The fraction of sp³-hybridized carbons (Fsp3) is 0.364. The molecule has 0 spiro atoms. The van der Waals surface area contributed by atoms with Gasteiger partial charge in [0.1, 0.15) is 6.61 Å². The van der Waals surface area contributed by atoms with Crippen molar-refractivity contribution in [3.8, 4) is 0 Å². The SMILES string of the molecule is O=C(CCOCC(F)(F)F)Nc1ccc(Cl)c(Br)c1. The van der Waals surface area contributed by atoms with E-state index in [9.17, 15) is 18.0 Å². The van der Waals surface area contributed by atoms with Gasteiger partial charge in [0.05, 0.1) is 18.1 Å². The summed E-state index contributed by atoms with van der Waals surface area (Å²) in [6.07, 6.45) is -4.53. The molecule has 1 N–H and O–H groups in total. The summed E-state index contributed by atoms with van der Waals surface area (Å²) in [5.41, 5.74) is 0.497. The van der Waals surface area contributed by atoms with E-state index in [2.05, 4.69) is 26.0 Å². The lowest BCUT2D eigenvalue weighted by Gasteiger charge is -2.08. The summed E-state index contributed by atoms with van der Waals surface area (Å²) in [6.45, 7) is -1.65. The van der Waals surface area contributed by atoms with Crippen LogP contribution in [0.1, 0.15) is 6.42 Å². The van der Waals surface area contributed by atoms with Crippen molar-refractivity contribution < 1.29 is 22.7 Å². The number of carbonyl (C=O) groups is 1. The number of benzene rings is 1. The van der Waals surface area contributed by atoms with Crippen molar-refractivity contribution in [3.63, 3.8) is 0 Å². The summed E-state index contributed by atoms with van der Waals surface area (Å²) < 4.78 is 40.2. The van der Waals surface area contributed by atoms with Gasteiger partial charge in [0.25, 0.3) is 0 Å². The first kappa shape index (κ1) is 16.3. The van der Waals surface area contributed by atoms with Gasteiger partial charge in [0.15, 0.2) is 0 Å². The molecule has 1 amide bonds. The number of amides is 1. The molecule has 0 aliphatic rings. The fourth-order valence-electron chi connectivity index (χ4n) is 1.15. The van der Waals surface area contributed by atoms with E-state index in [0.29, 0.717) is 15.2 Å². The standard InChI is InChI=1S/C11H10BrClF3NO2/c12-8-5-7(1-2-9(8)13)17-10(18)3-4-19-6-11(14,15)16/h1-2,5H,3-4,6H2,(H,17,18). The van der Waals surface area contributed by atoms with E-state index in [1.807, 2.05) is 0 Å². The van der Waals surface area contributed by atoms with E-state index in [4.69, 9.17) is 11.6 Å². The molecule has 0 bridgehead atoms. The zero-order valence-electron chi connectivity index (χ0n) is 9.56. The van der Waals surface area contributed by atoms with Crippen LogP contribution in [0.4, 0.5) is 18.9 Å². The van der Waals surface area contributed by atoms with Gasteiger partial charge in [-0.1, -0.05) is 11.6 Å². The van der Waals surface area contributed by atoms with Crippen molar-refractivity contribution in [2.75, 3.05) is 18.5 Å². The van der Waals surface area contributed by atoms with E-state index >= 15 is 0 Å². The van der Waals surface area contributed by atoms with Crippen molar-refractivity contribution >= 4 is 39.1 Å². The van der Waals surface area contributed by atoms with Crippen LogP contribution >= 0.6 is 27.5 Å². The lowest BCUT2D eigenvalue weighted by molar-refractivity contribution is -0.174. The summed E-state index contributed by atoms with van der Waals surface area (Å²) in [6, 6.07) is 4.76. The molecule has 0 saturated heterocycles. The Kier molecular flexibility index (Phi) is 6.09. The van der Waals surface area contributed by atoms with Crippen LogP contribution in [0.5, 0.6) is 0 Å². The Balaban J connectivity index is 2.33. The molecule has 1 rings (SSSR count). The molecule has 0 aliphatic heterocycles. The Bertz CT molecular complexity index is 454. The number of hydrogen-bond acceptors (Lipinski definition) is 2. The molecule has 0 heterocycles. The highest BCUT2D eigenvalue weighted by Crippen LogP contribution is 2.25. The molecule has 106 valence electrons. The molecular weight excluding hydrogens is 350 g/mol. The predicted octanol–water partition coefficient (Wildman–Crippen LogP) is 4.01. The maximum atomic E-state index is 11.8. The molecule has 0 fully saturated rings. The first-order valence-electron chi connectivity index (χ1n) is 5.17. The number of ether oxygens (including phenoxy) is 1. The minimum absolute atomic E-state index is 0.156. The van der Waals surface area contributed by atoms with Gasteiger partial charge in [0.2, 0.25) is 5.91 Å². The second kappa shape index (κ2) is 7.12. The number of halogens is 5. The lowest BCUT2D eigenvalue weighted by Crippen LogP contribution is -2.20. The van der Waals surface area contributed by atoms with E-state index in [0.717, 1.165) is 0 Å². The summed E-state index contributed by atoms with van der Waals surface area (Å²) in [5.74, 6) is -0.434. The summed E-state index contributed by atoms with van der Waals surface area (Å²) in [7, 11) is 0. The molecule has 19 heavy (non-hydrogen) atoms. The third-order valence-corrected chi connectivity index (χ3v) is 3.16. The quantitative estimate of drug-likeness (QED) is 0.806. The molecule has 1 aromatic carbocycles. The van der Waals surface area contributed by atoms with Crippen molar-refractivity contribution in [2.45, 2.75) is 12.6 Å². The fourth-order valence-corrected chi connectivity index (χ4v) is 1.65. The molecule has 0 radical (unpaired) electrons. The average Bonchev–Trinajstić information content (AvgIpc) is 2.28. The Morgan fingerprint density at radius 2 is 2.11 bits per heavy atom. The zero-order chi connectivity index (χ0) is 14.5. The second-order valence-electron chi connectivity index (χ2n) is 3.59. The topological polar surface area (TPSA) is 38.3 Å². The molecule has 3 nitrogen and oxygen atoms in total. The minimum Gasteiger partial charge on any atom is -0.372 e. The maximum absolute atomic E-state index is 11.8. The minimum atomic E-state index is -4.38. The summed E-state index contributed by atoms with van der Waals surface area (Å²) in [4.78, 5) is 11.4. The number of alkyl halides is 3. The lowest BCUT2D eigenvalue weighted by atomic mass is 10.3. The number of anilines is 1. The van der Waals surface area contributed by atoms with Gasteiger partial charge in [-0.3, -0.25) is 4.79 Å². The van der Waals surface area contributed by atoms with Gasteiger partial charge in [0, 0.05) is 10.2 Å². The van der Waals surface area contributed by atoms with E-state index < -0.39 is 18.7 Å². The number of hydrogen-bond donors (Lipinski definition) is 1. The third kappa shape index (κ3) is 6.79. The number of nitrogens with one attached hydrogen (secondary N) is 1. The van der Waals surface area contributed by atoms with Crippen LogP contribution in [0.15, 0.2) is 22.7 Å². The van der Waals surface area contributed by atoms with Crippen molar-refractivity contribution in [2.24, 2.45) is 0 Å². The first-order chi connectivity index (χ1) is 8.78. The van der Waals surface area contributed by atoms with Crippen LogP contribution in [0.25, 0.3) is 0 Å². The molecule has 0 aromatic heterocycles. The van der Waals surface area contributed by atoms with Gasteiger partial charge >= 0.3 is 6.18 Å². The molecule has 0 unspecified atom stereocenters. The van der Waals surface area contributed by atoms with Crippen molar-refractivity contribution in [1.29, 1.82) is 0 Å². The van der Waals surface area contributed by atoms with Crippen LogP contribution in [0.2, 0.25) is 5.02 Å².